The first kappa shape index (κ1) is 13.4. The number of hydrogen-bond donors (Lipinski definition) is 0. The van der Waals surface area contributed by atoms with Crippen LogP contribution >= 0.6 is 0 Å². The molecule has 1 aromatic heterocycles. The first-order valence-corrected chi connectivity index (χ1v) is 6.93. The van der Waals surface area contributed by atoms with Crippen LogP contribution in [0, 0.1) is 13.8 Å². The lowest BCUT2D eigenvalue weighted by Crippen LogP contribution is -1.99. The molecule has 0 atom stereocenters. The van der Waals surface area contributed by atoms with Crippen LogP contribution in [-0.2, 0) is 6.61 Å². The predicted molar refractivity (Wildman–Crippen MR) is 82.2 cm³/mol. The van der Waals surface area contributed by atoms with Crippen LogP contribution in [0.15, 0.2) is 59.2 Å². The van der Waals surface area contributed by atoms with Crippen LogP contribution < -0.4 is 4.74 Å². The molecule has 106 valence electrons. The molecule has 0 aliphatic heterocycles. The second-order valence-corrected chi connectivity index (χ2v) is 5.02. The minimum Gasteiger partial charge on any atom is -0.487 e. The zero-order chi connectivity index (χ0) is 14.7. The molecule has 0 bridgehead atoms. The molecule has 0 aliphatic rings. The Morgan fingerprint density at radius 2 is 1.67 bits per heavy atom. The van der Waals surface area contributed by atoms with Gasteiger partial charge in [0.2, 0.25) is 5.89 Å². The third-order valence-corrected chi connectivity index (χ3v) is 3.35. The van der Waals surface area contributed by atoms with Crippen LogP contribution in [0.4, 0.5) is 0 Å². The molecule has 1 heterocycles. The monoisotopic (exact) mass is 279 g/mol. The fraction of sp³-hybridized carbons (Fsp3) is 0.167. The standard InChI is InChI=1S/C18H17NO2/c1-13-7-6-8-14(2)17(13)20-11-16-12-21-18(19-16)15-9-4-3-5-10-15/h3-10,12H,11H2,1-2H3. The number of hydrogen-bond acceptors (Lipinski definition) is 3. The van der Waals surface area contributed by atoms with Gasteiger partial charge in [-0.15, -0.1) is 0 Å². The van der Waals surface area contributed by atoms with E-state index in [1.165, 1.54) is 0 Å². The van der Waals surface area contributed by atoms with Crippen molar-refractivity contribution in [1.29, 1.82) is 0 Å². The number of para-hydroxylation sites is 1. The summed E-state index contributed by atoms with van der Waals surface area (Å²) < 4.78 is 11.4. The van der Waals surface area contributed by atoms with Gasteiger partial charge in [-0.3, -0.25) is 0 Å². The van der Waals surface area contributed by atoms with E-state index in [-0.39, 0.29) is 0 Å². The fourth-order valence-corrected chi connectivity index (χ4v) is 2.26. The number of oxazole rings is 1. The van der Waals surface area contributed by atoms with Gasteiger partial charge in [-0.25, -0.2) is 4.98 Å². The average molecular weight is 279 g/mol. The Bertz CT molecular complexity index is 712. The van der Waals surface area contributed by atoms with Crippen LogP contribution in [0.1, 0.15) is 16.8 Å². The SMILES string of the molecule is Cc1cccc(C)c1OCc1coc(-c2ccccc2)n1. The lowest BCUT2D eigenvalue weighted by molar-refractivity contribution is 0.297. The second kappa shape index (κ2) is 5.83. The van der Waals surface area contributed by atoms with Gasteiger partial charge in [-0.05, 0) is 37.1 Å². The molecule has 0 radical (unpaired) electrons. The van der Waals surface area contributed by atoms with Gasteiger partial charge < -0.3 is 9.15 Å². The molecule has 3 aromatic rings. The molecule has 0 fully saturated rings. The summed E-state index contributed by atoms with van der Waals surface area (Å²) in [7, 11) is 0. The number of rotatable bonds is 4. The van der Waals surface area contributed by atoms with E-state index in [2.05, 4.69) is 4.98 Å². The van der Waals surface area contributed by atoms with Gasteiger partial charge in [0.05, 0.1) is 0 Å². The molecule has 0 saturated carbocycles. The van der Waals surface area contributed by atoms with Crippen molar-refractivity contribution in [1.82, 2.24) is 4.98 Å². The van der Waals surface area contributed by atoms with E-state index in [0.29, 0.717) is 12.5 Å². The maximum atomic E-state index is 5.88. The number of aryl methyl sites for hydroxylation is 2. The Morgan fingerprint density at radius 1 is 0.952 bits per heavy atom. The van der Waals surface area contributed by atoms with Gasteiger partial charge in [0.1, 0.15) is 24.3 Å². The third-order valence-electron chi connectivity index (χ3n) is 3.35. The zero-order valence-corrected chi connectivity index (χ0v) is 12.2. The number of nitrogens with zero attached hydrogens (tertiary/aromatic N) is 1. The summed E-state index contributed by atoms with van der Waals surface area (Å²) in [5.74, 6) is 1.54. The van der Waals surface area contributed by atoms with Crippen LogP contribution in [-0.4, -0.2) is 4.98 Å². The van der Waals surface area contributed by atoms with Crippen molar-refractivity contribution in [2.45, 2.75) is 20.5 Å². The van der Waals surface area contributed by atoms with Gasteiger partial charge in [0.15, 0.2) is 0 Å². The topological polar surface area (TPSA) is 35.3 Å². The minimum atomic E-state index is 0.405. The first-order valence-electron chi connectivity index (χ1n) is 6.93. The summed E-state index contributed by atoms with van der Waals surface area (Å²) in [6, 6.07) is 16.0. The van der Waals surface area contributed by atoms with E-state index in [0.717, 1.165) is 28.1 Å². The van der Waals surface area contributed by atoms with Gasteiger partial charge >= 0.3 is 0 Å². The highest BCUT2D eigenvalue weighted by molar-refractivity contribution is 5.52. The minimum absolute atomic E-state index is 0.405. The Labute approximate surface area is 124 Å². The highest BCUT2D eigenvalue weighted by Crippen LogP contribution is 2.24. The molecule has 3 heteroatoms. The highest BCUT2D eigenvalue weighted by atomic mass is 16.5. The highest BCUT2D eigenvalue weighted by Gasteiger charge is 2.08. The van der Waals surface area contributed by atoms with Gasteiger partial charge in [0, 0.05) is 5.56 Å². The van der Waals surface area contributed by atoms with E-state index in [9.17, 15) is 0 Å². The molecule has 0 amide bonds. The van der Waals surface area contributed by atoms with Crippen molar-refractivity contribution >= 4 is 0 Å². The maximum absolute atomic E-state index is 5.88. The predicted octanol–water partition coefficient (Wildman–Crippen LogP) is 4.54. The average Bonchev–Trinajstić information content (AvgIpc) is 2.97. The lowest BCUT2D eigenvalue weighted by Gasteiger charge is -2.10. The molecule has 3 nitrogen and oxygen atoms in total. The van der Waals surface area contributed by atoms with E-state index in [1.807, 2.05) is 62.4 Å². The van der Waals surface area contributed by atoms with Crippen molar-refractivity contribution < 1.29 is 9.15 Å². The van der Waals surface area contributed by atoms with Crippen LogP contribution in [0.5, 0.6) is 5.75 Å². The molecule has 0 spiro atoms. The first-order chi connectivity index (χ1) is 10.2. The molecule has 0 aliphatic carbocycles. The summed E-state index contributed by atoms with van der Waals surface area (Å²) in [5, 5.41) is 0. The molecule has 2 aromatic carbocycles. The fourth-order valence-electron chi connectivity index (χ4n) is 2.26. The van der Waals surface area contributed by atoms with Crippen molar-refractivity contribution in [3.8, 4) is 17.2 Å². The number of benzene rings is 2. The third kappa shape index (κ3) is 2.97. The van der Waals surface area contributed by atoms with Crippen LogP contribution in [0.3, 0.4) is 0 Å². The van der Waals surface area contributed by atoms with E-state index < -0.39 is 0 Å². The van der Waals surface area contributed by atoms with Gasteiger partial charge in [-0.2, -0.15) is 0 Å². The van der Waals surface area contributed by atoms with Gasteiger partial charge in [0.25, 0.3) is 0 Å². The summed E-state index contributed by atoms with van der Waals surface area (Å²) in [5.41, 5.74) is 4.01. The molecule has 0 saturated heterocycles. The Morgan fingerprint density at radius 3 is 2.38 bits per heavy atom. The summed E-state index contributed by atoms with van der Waals surface area (Å²) in [4.78, 5) is 4.46. The summed E-state index contributed by atoms with van der Waals surface area (Å²) in [6.45, 7) is 4.49. The maximum Gasteiger partial charge on any atom is 0.226 e. The largest absolute Gasteiger partial charge is 0.487 e. The number of aromatic nitrogens is 1. The Kier molecular flexibility index (Phi) is 3.73. The molecular weight excluding hydrogens is 262 g/mol. The lowest BCUT2D eigenvalue weighted by atomic mass is 10.1. The van der Waals surface area contributed by atoms with E-state index >= 15 is 0 Å². The zero-order valence-electron chi connectivity index (χ0n) is 12.2. The smallest absolute Gasteiger partial charge is 0.226 e. The molecular formula is C18H17NO2. The van der Waals surface area contributed by atoms with E-state index in [4.69, 9.17) is 9.15 Å². The van der Waals surface area contributed by atoms with Crippen LogP contribution in [0.2, 0.25) is 0 Å². The van der Waals surface area contributed by atoms with Crippen molar-refractivity contribution in [3.05, 3.63) is 71.6 Å². The Balaban J connectivity index is 1.74. The van der Waals surface area contributed by atoms with Gasteiger partial charge in [-0.1, -0.05) is 36.4 Å². The number of ether oxygens (including phenoxy) is 1. The molecule has 21 heavy (non-hydrogen) atoms. The normalized spacial score (nSPS) is 10.6. The van der Waals surface area contributed by atoms with Crippen molar-refractivity contribution in [2.75, 3.05) is 0 Å². The summed E-state index contributed by atoms with van der Waals surface area (Å²) in [6.07, 6.45) is 1.65. The van der Waals surface area contributed by atoms with Crippen molar-refractivity contribution in [2.24, 2.45) is 0 Å². The Hall–Kier alpha value is -2.55. The second-order valence-electron chi connectivity index (χ2n) is 5.02. The quantitative estimate of drug-likeness (QED) is 0.703. The molecule has 3 rings (SSSR count). The molecule has 0 N–H and O–H groups in total. The van der Waals surface area contributed by atoms with Crippen LogP contribution in [0.25, 0.3) is 11.5 Å². The summed E-state index contributed by atoms with van der Waals surface area (Å²) >= 11 is 0. The van der Waals surface area contributed by atoms with Crippen molar-refractivity contribution in [3.63, 3.8) is 0 Å². The molecule has 0 unspecified atom stereocenters. The van der Waals surface area contributed by atoms with E-state index in [1.54, 1.807) is 6.26 Å².